The SMILES string of the molecule is CC(Cc1ccccc1C(C)O)C(=O)O. The summed E-state index contributed by atoms with van der Waals surface area (Å²) in [6, 6.07) is 7.39. The normalized spacial score (nSPS) is 14.6. The van der Waals surface area contributed by atoms with Crippen molar-refractivity contribution in [3.8, 4) is 0 Å². The summed E-state index contributed by atoms with van der Waals surface area (Å²) in [5.41, 5.74) is 1.72. The topological polar surface area (TPSA) is 57.5 Å². The molecule has 3 heteroatoms. The lowest BCUT2D eigenvalue weighted by Gasteiger charge is -2.13. The zero-order valence-electron chi connectivity index (χ0n) is 8.97. The molecule has 1 rings (SSSR count). The Morgan fingerprint density at radius 2 is 1.93 bits per heavy atom. The third kappa shape index (κ3) is 3.06. The number of benzene rings is 1. The summed E-state index contributed by atoms with van der Waals surface area (Å²) in [6.45, 7) is 3.35. The van der Waals surface area contributed by atoms with Gasteiger partial charge in [-0.2, -0.15) is 0 Å². The molecule has 0 bridgehead atoms. The van der Waals surface area contributed by atoms with E-state index < -0.39 is 18.0 Å². The number of aliphatic hydroxyl groups excluding tert-OH is 1. The Bertz CT molecular complexity index is 344. The fraction of sp³-hybridized carbons (Fsp3) is 0.417. The van der Waals surface area contributed by atoms with Crippen molar-refractivity contribution in [3.05, 3.63) is 35.4 Å². The molecule has 0 aliphatic heterocycles. The van der Waals surface area contributed by atoms with Crippen molar-refractivity contribution in [2.45, 2.75) is 26.4 Å². The van der Waals surface area contributed by atoms with E-state index in [1.807, 2.05) is 24.3 Å². The zero-order valence-corrected chi connectivity index (χ0v) is 8.97. The Labute approximate surface area is 89.4 Å². The van der Waals surface area contributed by atoms with Crippen LogP contribution in [0.15, 0.2) is 24.3 Å². The highest BCUT2D eigenvalue weighted by Crippen LogP contribution is 2.20. The van der Waals surface area contributed by atoms with E-state index in [0.717, 1.165) is 11.1 Å². The van der Waals surface area contributed by atoms with Gasteiger partial charge >= 0.3 is 5.97 Å². The first kappa shape index (κ1) is 11.7. The zero-order chi connectivity index (χ0) is 11.4. The Kier molecular flexibility index (Phi) is 3.86. The maximum atomic E-state index is 10.7. The fourth-order valence-electron chi connectivity index (χ4n) is 1.54. The first-order valence-electron chi connectivity index (χ1n) is 5.01. The largest absolute Gasteiger partial charge is 0.481 e. The maximum absolute atomic E-state index is 10.7. The van der Waals surface area contributed by atoms with Gasteiger partial charge in [-0.05, 0) is 24.5 Å². The molecule has 0 amide bonds. The minimum absolute atomic E-state index is 0.426. The van der Waals surface area contributed by atoms with Crippen LogP contribution in [0.5, 0.6) is 0 Å². The second-order valence-electron chi connectivity index (χ2n) is 3.82. The minimum atomic E-state index is -0.810. The van der Waals surface area contributed by atoms with Crippen LogP contribution in [0.4, 0.5) is 0 Å². The molecule has 1 aromatic carbocycles. The van der Waals surface area contributed by atoms with Crippen LogP contribution in [0.25, 0.3) is 0 Å². The monoisotopic (exact) mass is 208 g/mol. The molecule has 2 N–H and O–H groups in total. The third-order valence-electron chi connectivity index (χ3n) is 2.45. The summed E-state index contributed by atoms with van der Waals surface area (Å²) in [7, 11) is 0. The van der Waals surface area contributed by atoms with Crippen molar-refractivity contribution in [1.29, 1.82) is 0 Å². The first-order valence-corrected chi connectivity index (χ1v) is 5.01. The molecule has 0 spiro atoms. The van der Waals surface area contributed by atoms with Crippen molar-refractivity contribution in [3.63, 3.8) is 0 Å². The predicted octanol–water partition coefficient (Wildman–Crippen LogP) is 2.00. The lowest BCUT2D eigenvalue weighted by molar-refractivity contribution is -0.141. The second kappa shape index (κ2) is 4.94. The average Bonchev–Trinajstić information content (AvgIpc) is 2.18. The molecule has 0 aliphatic rings. The van der Waals surface area contributed by atoms with Gasteiger partial charge in [-0.25, -0.2) is 0 Å². The molecule has 2 atom stereocenters. The molecule has 0 aliphatic carbocycles. The molecule has 0 saturated heterocycles. The average molecular weight is 208 g/mol. The molecule has 15 heavy (non-hydrogen) atoms. The van der Waals surface area contributed by atoms with Crippen molar-refractivity contribution in [2.24, 2.45) is 5.92 Å². The first-order chi connectivity index (χ1) is 7.02. The minimum Gasteiger partial charge on any atom is -0.481 e. The number of aliphatic hydroxyl groups is 1. The molecule has 3 nitrogen and oxygen atoms in total. The van der Waals surface area contributed by atoms with Gasteiger partial charge in [0.25, 0.3) is 0 Å². The van der Waals surface area contributed by atoms with E-state index in [0.29, 0.717) is 6.42 Å². The van der Waals surface area contributed by atoms with E-state index in [1.165, 1.54) is 0 Å². The molecule has 82 valence electrons. The number of rotatable bonds is 4. The van der Waals surface area contributed by atoms with Crippen LogP contribution in [-0.2, 0) is 11.2 Å². The van der Waals surface area contributed by atoms with Gasteiger partial charge in [-0.15, -0.1) is 0 Å². The fourth-order valence-corrected chi connectivity index (χ4v) is 1.54. The summed E-state index contributed by atoms with van der Waals surface area (Å²) < 4.78 is 0. The van der Waals surface area contributed by atoms with Crippen LogP contribution >= 0.6 is 0 Å². The van der Waals surface area contributed by atoms with E-state index in [1.54, 1.807) is 13.8 Å². The standard InChI is InChI=1S/C12H16O3/c1-8(12(14)15)7-10-5-3-4-6-11(10)9(2)13/h3-6,8-9,13H,7H2,1-2H3,(H,14,15). The highest BCUT2D eigenvalue weighted by Gasteiger charge is 2.15. The summed E-state index contributed by atoms with van der Waals surface area (Å²) in [5.74, 6) is -1.24. The van der Waals surface area contributed by atoms with Crippen molar-refractivity contribution in [1.82, 2.24) is 0 Å². The number of hydrogen-bond acceptors (Lipinski definition) is 2. The van der Waals surface area contributed by atoms with Crippen LogP contribution in [0, 0.1) is 5.92 Å². The number of carbonyl (C=O) groups is 1. The van der Waals surface area contributed by atoms with Crippen LogP contribution in [-0.4, -0.2) is 16.2 Å². The Hall–Kier alpha value is -1.35. The van der Waals surface area contributed by atoms with Gasteiger partial charge in [-0.1, -0.05) is 31.2 Å². The summed E-state index contributed by atoms with van der Waals surface area (Å²) >= 11 is 0. The van der Waals surface area contributed by atoms with Crippen LogP contribution in [0.3, 0.4) is 0 Å². The predicted molar refractivity (Wildman–Crippen MR) is 57.6 cm³/mol. The maximum Gasteiger partial charge on any atom is 0.306 e. The smallest absolute Gasteiger partial charge is 0.306 e. The molecule has 0 heterocycles. The Morgan fingerprint density at radius 1 is 1.33 bits per heavy atom. The molecule has 1 aromatic rings. The van der Waals surface area contributed by atoms with Crippen LogP contribution in [0.2, 0.25) is 0 Å². The molecule has 2 unspecified atom stereocenters. The van der Waals surface area contributed by atoms with Crippen molar-refractivity contribution in [2.75, 3.05) is 0 Å². The van der Waals surface area contributed by atoms with E-state index in [9.17, 15) is 9.90 Å². The van der Waals surface area contributed by atoms with Crippen molar-refractivity contribution >= 4 is 5.97 Å². The Balaban J connectivity index is 2.89. The highest BCUT2D eigenvalue weighted by molar-refractivity contribution is 5.70. The van der Waals surface area contributed by atoms with Gasteiger partial charge < -0.3 is 10.2 Å². The van der Waals surface area contributed by atoms with Gasteiger partial charge in [0.1, 0.15) is 0 Å². The lowest BCUT2D eigenvalue weighted by Crippen LogP contribution is -2.13. The molecule has 0 radical (unpaired) electrons. The molecule has 0 saturated carbocycles. The Morgan fingerprint density at radius 3 is 2.47 bits per heavy atom. The van der Waals surface area contributed by atoms with Gasteiger partial charge in [0.2, 0.25) is 0 Å². The number of carboxylic acid groups (broad SMARTS) is 1. The number of hydrogen-bond donors (Lipinski definition) is 2. The van der Waals surface area contributed by atoms with Gasteiger partial charge in [0.05, 0.1) is 12.0 Å². The highest BCUT2D eigenvalue weighted by atomic mass is 16.4. The van der Waals surface area contributed by atoms with Crippen LogP contribution in [0.1, 0.15) is 31.1 Å². The second-order valence-corrected chi connectivity index (χ2v) is 3.82. The lowest BCUT2D eigenvalue weighted by atomic mass is 9.95. The van der Waals surface area contributed by atoms with Gasteiger partial charge in [-0.3, -0.25) is 4.79 Å². The number of aliphatic carboxylic acids is 1. The molecular weight excluding hydrogens is 192 g/mol. The summed E-state index contributed by atoms with van der Waals surface area (Å²) in [6.07, 6.45) is -0.0988. The van der Waals surface area contributed by atoms with Crippen LogP contribution < -0.4 is 0 Å². The van der Waals surface area contributed by atoms with Gasteiger partial charge in [0.15, 0.2) is 0 Å². The molecule has 0 fully saturated rings. The third-order valence-corrected chi connectivity index (χ3v) is 2.45. The molecular formula is C12H16O3. The van der Waals surface area contributed by atoms with E-state index in [2.05, 4.69) is 0 Å². The summed E-state index contributed by atoms with van der Waals surface area (Å²) in [5, 5.41) is 18.3. The number of carboxylic acids is 1. The van der Waals surface area contributed by atoms with Crippen molar-refractivity contribution < 1.29 is 15.0 Å². The molecule has 0 aromatic heterocycles. The van der Waals surface area contributed by atoms with Gasteiger partial charge in [0, 0.05) is 0 Å². The quantitative estimate of drug-likeness (QED) is 0.795. The van der Waals surface area contributed by atoms with E-state index >= 15 is 0 Å². The van der Waals surface area contributed by atoms with E-state index in [-0.39, 0.29) is 0 Å². The van der Waals surface area contributed by atoms with E-state index in [4.69, 9.17) is 5.11 Å². The summed E-state index contributed by atoms with van der Waals surface area (Å²) in [4.78, 5) is 10.7.